The molecule has 0 spiro atoms. The Balaban J connectivity index is 1.49. The Hall–Kier alpha value is -3.23. The minimum absolute atomic E-state index is 0.0970. The molecule has 2 aliphatic rings. The van der Waals surface area contributed by atoms with Crippen LogP contribution in [0.2, 0.25) is 0 Å². The fourth-order valence-corrected chi connectivity index (χ4v) is 3.79. The number of hydrogen-bond acceptors (Lipinski definition) is 6. The summed E-state index contributed by atoms with van der Waals surface area (Å²) < 4.78 is 13.6. The highest BCUT2D eigenvalue weighted by molar-refractivity contribution is 5.93. The first-order valence-corrected chi connectivity index (χ1v) is 9.66. The van der Waals surface area contributed by atoms with E-state index < -0.39 is 0 Å². The molecule has 1 aromatic carbocycles. The zero-order valence-electron chi connectivity index (χ0n) is 16.5. The number of benzene rings is 1. The van der Waals surface area contributed by atoms with Crippen molar-refractivity contribution >= 4 is 17.4 Å². The lowest BCUT2D eigenvalue weighted by Gasteiger charge is -2.34. The molecule has 1 N–H and O–H groups in total. The van der Waals surface area contributed by atoms with Gasteiger partial charge in [-0.05, 0) is 25.0 Å². The molecule has 0 radical (unpaired) electrons. The Morgan fingerprint density at radius 2 is 1.83 bits per heavy atom. The highest BCUT2D eigenvalue weighted by Crippen LogP contribution is 2.33. The third-order valence-corrected chi connectivity index (χ3v) is 5.43. The number of anilines is 2. The maximum atomic E-state index is 12.8. The number of piperidine rings is 1. The van der Waals surface area contributed by atoms with Crippen molar-refractivity contribution in [3.8, 4) is 11.5 Å². The fourth-order valence-electron chi connectivity index (χ4n) is 3.79. The molecular formula is C20H24N4O5. The van der Waals surface area contributed by atoms with Gasteiger partial charge in [-0.2, -0.15) is 0 Å². The summed E-state index contributed by atoms with van der Waals surface area (Å²) in [5, 5.41) is 2.94. The van der Waals surface area contributed by atoms with Crippen molar-refractivity contribution in [2.24, 2.45) is 20.0 Å². The Kier molecular flexibility index (Phi) is 5.04. The second-order valence-electron chi connectivity index (χ2n) is 7.37. The van der Waals surface area contributed by atoms with Crippen LogP contribution >= 0.6 is 0 Å². The number of carbonyl (C=O) groups is 1. The van der Waals surface area contributed by atoms with Crippen molar-refractivity contribution in [3.05, 3.63) is 45.1 Å². The predicted molar refractivity (Wildman–Crippen MR) is 108 cm³/mol. The molecule has 2 aromatic rings. The molecule has 29 heavy (non-hydrogen) atoms. The third kappa shape index (κ3) is 3.72. The summed E-state index contributed by atoms with van der Waals surface area (Å²) in [4.78, 5) is 39.0. The topological polar surface area (TPSA) is 94.8 Å². The number of amides is 1. The van der Waals surface area contributed by atoms with Crippen molar-refractivity contribution in [1.29, 1.82) is 0 Å². The first-order chi connectivity index (χ1) is 13.9. The van der Waals surface area contributed by atoms with Crippen LogP contribution in [0.25, 0.3) is 0 Å². The van der Waals surface area contributed by atoms with Crippen LogP contribution in [0, 0.1) is 5.92 Å². The van der Waals surface area contributed by atoms with E-state index in [0.29, 0.717) is 49.3 Å². The van der Waals surface area contributed by atoms with Crippen LogP contribution in [-0.4, -0.2) is 41.3 Å². The van der Waals surface area contributed by atoms with Gasteiger partial charge in [0.25, 0.3) is 5.56 Å². The molecule has 0 aliphatic carbocycles. The van der Waals surface area contributed by atoms with E-state index in [9.17, 15) is 14.4 Å². The van der Waals surface area contributed by atoms with Crippen LogP contribution in [-0.2, 0) is 18.9 Å². The fraction of sp³-hybridized carbons (Fsp3) is 0.450. The first kappa shape index (κ1) is 19.1. The number of carbonyl (C=O) groups excluding carboxylic acids is 1. The van der Waals surface area contributed by atoms with Gasteiger partial charge in [0.1, 0.15) is 19.0 Å². The second kappa shape index (κ2) is 7.65. The number of ether oxygens (including phenoxy) is 2. The molecule has 3 heterocycles. The van der Waals surface area contributed by atoms with Gasteiger partial charge in [-0.15, -0.1) is 0 Å². The van der Waals surface area contributed by atoms with Gasteiger partial charge in [-0.25, -0.2) is 4.79 Å². The highest BCUT2D eigenvalue weighted by Gasteiger charge is 2.28. The molecule has 154 valence electrons. The second-order valence-corrected chi connectivity index (χ2v) is 7.37. The van der Waals surface area contributed by atoms with Gasteiger partial charge in [0.15, 0.2) is 11.5 Å². The Labute approximate surface area is 167 Å². The van der Waals surface area contributed by atoms with Gasteiger partial charge in [-0.3, -0.25) is 18.7 Å². The van der Waals surface area contributed by atoms with Crippen molar-refractivity contribution in [3.63, 3.8) is 0 Å². The largest absolute Gasteiger partial charge is 0.486 e. The van der Waals surface area contributed by atoms with Crippen molar-refractivity contribution in [1.82, 2.24) is 9.13 Å². The summed E-state index contributed by atoms with van der Waals surface area (Å²) in [6.45, 7) is 2.13. The molecule has 9 heteroatoms. The molecule has 1 aromatic heterocycles. The SMILES string of the molecule is Cn1c(N2CCCC(C(=O)Nc3ccc4c(c3)OCCO4)C2)cc(=O)n(C)c1=O. The summed E-state index contributed by atoms with van der Waals surface area (Å²) in [7, 11) is 3.09. The van der Waals surface area contributed by atoms with E-state index in [4.69, 9.17) is 9.47 Å². The van der Waals surface area contributed by atoms with Crippen molar-refractivity contribution < 1.29 is 14.3 Å². The molecule has 0 saturated carbocycles. The first-order valence-electron chi connectivity index (χ1n) is 9.66. The summed E-state index contributed by atoms with van der Waals surface area (Å²) in [5.74, 6) is 1.48. The summed E-state index contributed by atoms with van der Waals surface area (Å²) in [6, 6.07) is 6.78. The van der Waals surface area contributed by atoms with E-state index in [-0.39, 0.29) is 23.1 Å². The standard InChI is InChI=1S/C20H24N4O5/c1-22-17(11-18(25)23(2)20(22)27)24-7-3-4-13(12-24)19(26)21-14-5-6-15-16(10-14)29-9-8-28-15/h5-6,10-11,13H,3-4,7-9,12H2,1-2H3,(H,21,26). The van der Waals surface area contributed by atoms with E-state index in [1.165, 1.54) is 17.7 Å². The van der Waals surface area contributed by atoms with E-state index in [1.54, 1.807) is 25.2 Å². The zero-order valence-corrected chi connectivity index (χ0v) is 16.5. The highest BCUT2D eigenvalue weighted by atomic mass is 16.6. The molecule has 1 fully saturated rings. The Morgan fingerprint density at radius 3 is 2.62 bits per heavy atom. The van der Waals surface area contributed by atoms with E-state index >= 15 is 0 Å². The smallest absolute Gasteiger partial charge is 0.332 e. The lowest BCUT2D eigenvalue weighted by atomic mass is 9.97. The van der Waals surface area contributed by atoms with Crippen molar-refractivity contribution in [2.75, 3.05) is 36.5 Å². The van der Waals surface area contributed by atoms with Gasteiger partial charge < -0.3 is 19.7 Å². The summed E-state index contributed by atoms with van der Waals surface area (Å²) >= 11 is 0. The van der Waals surface area contributed by atoms with Gasteiger partial charge in [0, 0.05) is 45.0 Å². The van der Waals surface area contributed by atoms with Crippen LogP contribution < -0.4 is 30.9 Å². The maximum absolute atomic E-state index is 12.8. The number of fused-ring (bicyclic) bond motifs is 1. The molecule has 9 nitrogen and oxygen atoms in total. The molecule has 1 unspecified atom stereocenters. The number of nitrogens with zero attached hydrogens (tertiary/aromatic N) is 3. The number of hydrogen-bond donors (Lipinski definition) is 1. The normalized spacial score (nSPS) is 18.4. The summed E-state index contributed by atoms with van der Waals surface area (Å²) in [6.07, 6.45) is 1.54. The van der Waals surface area contributed by atoms with Gasteiger partial charge >= 0.3 is 5.69 Å². The summed E-state index contributed by atoms with van der Waals surface area (Å²) in [5.41, 5.74) is -0.0846. The van der Waals surface area contributed by atoms with Crippen LogP contribution in [0.5, 0.6) is 11.5 Å². The zero-order chi connectivity index (χ0) is 20.5. The Bertz CT molecular complexity index is 1060. The van der Waals surface area contributed by atoms with Crippen LogP contribution in [0.4, 0.5) is 11.5 Å². The van der Waals surface area contributed by atoms with Crippen molar-refractivity contribution in [2.45, 2.75) is 12.8 Å². The monoisotopic (exact) mass is 400 g/mol. The third-order valence-electron chi connectivity index (χ3n) is 5.43. The van der Waals surface area contributed by atoms with Gasteiger partial charge in [0.05, 0.1) is 5.92 Å². The van der Waals surface area contributed by atoms with Crippen LogP contribution in [0.15, 0.2) is 33.9 Å². The van der Waals surface area contributed by atoms with Crippen LogP contribution in [0.3, 0.4) is 0 Å². The van der Waals surface area contributed by atoms with E-state index in [0.717, 1.165) is 17.4 Å². The van der Waals surface area contributed by atoms with E-state index in [2.05, 4.69) is 5.32 Å². The average Bonchev–Trinajstić information content (AvgIpc) is 2.74. The molecule has 0 bridgehead atoms. The average molecular weight is 400 g/mol. The molecule has 1 atom stereocenters. The van der Waals surface area contributed by atoms with Gasteiger partial charge in [-0.1, -0.05) is 0 Å². The molecule has 4 rings (SSSR count). The Morgan fingerprint density at radius 1 is 1.07 bits per heavy atom. The number of nitrogens with one attached hydrogen (secondary N) is 1. The molecule has 1 saturated heterocycles. The van der Waals surface area contributed by atoms with Gasteiger partial charge in [0.2, 0.25) is 5.91 Å². The molecular weight excluding hydrogens is 376 g/mol. The lowest BCUT2D eigenvalue weighted by molar-refractivity contribution is -0.120. The molecule has 1 amide bonds. The predicted octanol–water partition coefficient (Wildman–Crippen LogP) is 0.710. The molecule has 2 aliphatic heterocycles. The quantitative estimate of drug-likeness (QED) is 0.816. The minimum atomic E-state index is -0.379. The minimum Gasteiger partial charge on any atom is -0.486 e. The number of rotatable bonds is 3. The number of aromatic nitrogens is 2. The van der Waals surface area contributed by atoms with Crippen LogP contribution in [0.1, 0.15) is 12.8 Å². The maximum Gasteiger partial charge on any atom is 0.332 e. The lowest BCUT2D eigenvalue weighted by Crippen LogP contribution is -2.45. The van der Waals surface area contributed by atoms with E-state index in [1.807, 2.05) is 4.90 Å².